The summed E-state index contributed by atoms with van der Waals surface area (Å²) in [6.07, 6.45) is 1.13. The van der Waals surface area contributed by atoms with Gasteiger partial charge in [-0.05, 0) is 28.9 Å². The summed E-state index contributed by atoms with van der Waals surface area (Å²) in [5, 5.41) is -0.299. The van der Waals surface area contributed by atoms with E-state index >= 15 is 0 Å². The van der Waals surface area contributed by atoms with Gasteiger partial charge in [-0.25, -0.2) is 4.79 Å². The summed E-state index contributed by atoms with van der Waals surface area (Å²) in [6.45, 7) is 5.30. The number of aromatic nitrogens is 1. The molecular weight excluding hydrogens is 331 g/mol. The van der Waals surface area contributed by atoms with Gasteiger partial charge in [0.1, 0.15) is 5.69 Å². The van der Waals surface area contributed by atoms with Gasteiger partial charge in [-0.2, -0.15) is 8.78 Å². The number of hydrogen-bond acceptors (Lipinski definition) is 3. The standard InChI is InChI=1S/C9H7BrClF2NO2.C2H6/c1-2-16-8(15)9(12,13)7-6(11)3-5(10)4-14-7;1-2/h3-4H,2H2,1H3;1-2H3. The van der Waals surface area contributed by atoms with E-state index in [2.05, 4.69) is 25.7 Å². The van der Waals surface area contributed by atoms with E-state index in [0.29, 0.717) is 4.47 Å². The summed E-state index contributed by atoms with van der Waals surface area (Å²) in [6, 6.07) is 1.23. The fourth-order valence-corrected chi connectivity index (χ4v) is 1.71. The maximum atomic E-state index is 13.5. The highest BCUT2D eigenvalue weighted by Crippen LogP contribution is 2.34. The molecule has 3 nitrogen and oxygen atoms in total. The minimum atomic E-state index is -3.84. The van der Waals surface area contributed by atoms with Crippen molar-refractivity contribution in [3.05, 3.63) is 27.5 Å². The van der Waals surface area contributed by atoms with Crippen LogP contribution in [-0.2, 0) is 15.5 Å². The van der Waals surface area contributed by atoms with E-state index in [1.54, 1.807) is 0 Å². The van der Waals surface area contributed by atoms with Crippen LogP contribution in [0.3, 0.4) is 0 Å². The predicted molar refractivity (Wildman–Crippen MR) is 68.8 cm³/mol. The number of halogens is 4. The third kappa shape index (κ3) is 4.17. The van der Waals surface area contributed by atoms with Gasteiger partial charge in [0, 0.05) is 10.7 Å². The van der Waals surface area contributed by atoms with Crippen LogP contribution < -0.4 is 0 Å². The summed E-state index contributed by atoms with van der Waals surface area (Å²) in [5.74, 6) is -5.50. The molecule has 0 saturated carbocycles. The van der Waals surface area contributed by atoms with E-state index in [-0.39, 0.29) is 11.6 Å². The lowest BCUT2D eigenvalue weighted by atomic mass is 10.2. The molecule has 0 unspecified atom stereocenters. The zero-order chi connectivity index (χ0) is 14.3. The molecule has 1 rings (SSSR count). The summed E-state index contributed by atoms with van der Waals surface area (Å²) >= 11 is 8.60. The maximum Gasteiger partial charge on any atom is 0.385 e. The summed E-state index contributed by atoms with van der Waals surface area (Å²) in [4.78, 5) is 14.4. The molecule has 0 aliphatic rings. The number of carbonyl (C=O) groups excluding carboxylic acids is 1. The molecule has 1 aromatic heterocycles. The Kier molecular flexibility index (Phi) is 7.32. The number of esters is 1. The van der Waals surface area contributed by atoms with Crippen LogP contribution in [0.25, 0.3) is 0 Å². The predicted octanol–water partition coefficient (Wildman–Crippen LogP) is 4.18. The topological polar surface area (TPSA) is 39.2 Å². The highest BCUT2D eigenvalue weighted by molar-refractivity contribution is 9.10. The second-order valence-corrected chi connectivity index (χ2v) is 4.10. The Hall–Kier alpha value is -0.750. The second kappa shape index (κ2) is 7.63. The minimum Gasteiger partial charge on any atom is -0.461 e. The minimum absolute atomic E-state index is 0.136. The van der Waals surface area contributed by atoms with Gasteiger partial charge in [0.2, 0.25) is 0 Å². The summed E-state index contributed by atoms with van der Waals surface area (Å²) in [7, 11) is 0. The van der Waals surface area contributed by atoms with Crippen molar-refractivity contribution in [1.82, 2.24) is 4.98 Å². The van der Waals surface area contributed by atoms with Gasteiger partial charge in [0.05, 0.1) is 11.6 Å². The molecule has 102 valence electrons. The molecule has 0 aliphatic carbocycles. The van der Waals surface area contributed by atoms with E-state index in [1.807, 2.05) is 13.8 Å². The fraction of sp³-hybridized carbons (Fsp3) is 0.455. The van der Waals surface area contributed by atoms with Gasteiger partial charge in [-0.1, -0.05) is 25.4 Å². The third-order valence-corrected chi connectivity index (χ3v) is 2.36. The number of hydrogen-bond donors (Lipinski definition) is 0. The van der Waals surface area contributed by atoms with E-state index in [9.17, 15) is 13.6 Å². The zero-order valence-electron chi connectivity index (χ0n) is 10.1. The monoisotopic (exact) mass is 343 g/mol. The van der Waals surface area contributed by atoms with Crippen LogP contribution in [0.1, 0.15) is 26.5 Å². The average Bonchev–Trinajstić information content (AvgIpc) is 2.31. The van der Waals surface area contributed by atoms with Crippen molar-refractivity contribution < 1.29 is 18.3 Å². The molecule has 0 fully saturated rings. The average molecular weight is 345 g/mol. The van der Waals surface area contributed by atoms with Crippen molar-refractivity contribution in [3.8, 4) is 0 Å². The SMILES string of the molecule is CC.CCOC(=O)C(F)(F)c1ncc(Br)cc1Cl. The quantitative estimate of drug-likeness (QED) is 0.772. The third-order valence-electron chi connectivity index (χ3n) is 1.64. The second-order valence-electron chi connectivity index (χ2n) is 2.78. The number of ether oxygens (including phenoxy) is 1. The number of pyridine rings is 1. The van der Waals surface area contributed by atoms with Gasteiger partial charge in [-0.15, -0.1) is 0 Å². The first-order chi connectivity index (χ1) is 8.39. The normalized spacial score (nSPS) is 10.4. The number of alkyl halides is 2. The molecular formula is C11H13BrClF2NO2. The zero-order valence-corrected chi connectivity index (χ0v) is 12.5. The largest absolute Gasteiger partial charge is 0.461 e. The number of carbonyl (C=O) groups is 1. The van der Waals surface area contributed by atoms with Crippen LogP contribution in [0.4, 0.5) is 8.78 Å². The Morgan fingerprint density at radius 3 is 2.56 bits per heavy atom. The van der Waals surface area contributed by atoms with E-state index in [1.165, 1.54) is 13.0 Å². The van der Waals surface area contributed by atoms with Crippen LogP contribution >= 0.6 is 27.5 Å². The van der Waals surface area contributed by atoms with Gasteiger partial charge < -0.3 is 4.74 Å². The Labute approximate surface area is 118 Å². The lowest BCUT2D eigenvalue weighted by Gasteiger charge is -2.14. The molecule has 18 heavy (non-hydrogen) atoms. The van der Waals surface area contributed by atoms with E-state index in [0.717, 1.165) is 6.20 Å². The molecule has 0 aromatic carbocycles. The highest BCUT2D eigenvalue weighted by atomic mass is 79.9. The first kappa shape index (κ1) is 17.2. The molecule has 0 saturated heterocycles. The van der Waals surface area contributed by atoms with Gasteiger partial charge >= 0.3 is 11.9 Å². The van der Waals surface area contributed by atoms with E-state index < -0.39 is 17.6 Å². The summed E-state index contributed by atoms with van der Waals surface area (Å²) < 4.78 is 31.7. The van der Waals surface area contributed by atoms with Crippen LogP contribution in [0.2, 0.25) is 5.02 Å². The molecule has 0 radical (unpaired) electrons. The molecule has 0 spiro atoms. The Morgan fingerprint density at radius 1 is 1.56 bits per heavy atom. The molecule has 0 aliphatic heterocycles. The smallest absolute Gasteiger partial charge is 0.385 e. The van der Waals surface area contributed by atoms with Gasteiger partial charge in [0.25, 0.3) is 0 Å². The van der Waals surface area contributed by atoms with Crippen molar-refractivity contribution in [1.29, 1.82) is 0 Å². The molecule has 1 aromatic rings. The van der Waals surface area contributed by atoms with Gasteiger partial charge in [-0.3, -0.25) is 4.98 Å². The fourth-order valence-electron chi connectivity index (χ4n) is 0.964. The van der Waals surface area contributed by atoms with Crippen molar-refractivity contribution in [2.75, 3.05) is 6.61 Å². The Morgan fingerprint density at radius 2 is 2.11 bits per heavy atom. The van der Waals surface area contributed by atoms with Crippen LogP contribution in [0.15, 0.2) is 16.7 Å². The molecule has 0 amide bonds. The highest BCUT2D eigenvalue weighted by Gasteiger charge is 2.45. The lowest BCUT2D eigenvalue weighted by Crippen LogP contribution is -2.29. The Bertz CT molecular complexity index is 416. The van der Waals surface area contributed by atoms with Crippen LogP contribution in [0, 0.1) is 0 Å². The number of rotatable bonds is 3. The van der Waals surface area contributed by atoms with E-state index in [4.69, 9.17) is 11.6 Å². The van der Waals surface area contributed by atoms with Crippen LogP contribution in [0.5, 0.6) is 0 Å². The summed E-state index contributed by atoms with van der Waals surface area (Å²) in [5.41, 5.74) is -0.809. The molecule has 7 heteroatoms. The first-order valence-electron chi connectivity index (χ1n) is 5.26. The lowest BCUT2D eigenvalue weighted by molar-refractivity contribution is -0.173. The van der Waals surface area contributed by atoms with Crippen molar-refractivity contribution in [2.24, 2.45) is 0 Å². The van der Waals surface area contributed by atoms with Crippen molar-refractivity contribution in [3.63, 3.8) is 0 Å². The van der Waals surface area contributed by atoms with Crippen LogP contribution in [-0.4, -0.2) is 17.6 Å². The number of nitrogens with zero attached hydrogens (tertiary/aromatic N) is 1. The maximum absolute atomic E-state index is 13.5. The molecule has 0 atom stereocenters. The first-order valence-corrected chi connectivity index (χ1v) is 6.43. The molecule has 0 bridgehead atoms. The molecule has 1 heterocycles. The Balaban J connectivity index is 0.00000137. The van der Waals surface area contributed by atoms with Gasteiger partial charge in [0.15, 0.2) is 0 Å². The van der Waals surface area contributed by atoms with Crippen molar-refractivity contribution >= 4 is 33.5 Å². The van der Waals surface area contributed by atoms with Crippen molar-refractivity contribution in [2.45, 2.75) is 26.7 Å². The molecule has 0 N–H and O–H groups in total.